The van der Waals surface area contributed by atoms with E-state index in [1.807, 2.05) is 0 Å². The number of benzene rings is 1. The van der Waals surface area contributed by atoms with Crippen LogP contribution in [0.15, 0.2) is 33.6 Å². The molecule has 0 aliphatic carbocycles. The predicted octanol–water partition coefficient (Wildman–Crippen LogP) is 1.92. The summed E-state index contributed by atoms with van der Waals surface area (Å²) >= 11 is 0. The van der Waals surface area contributed by atoms with Crippen LogP contribution in [0.5, 0.6) is 0 Å². The second-order valence-electron chi connectivity index (χ2n) is 6.91. The number of hydrogen-bond donors (Lipinski definition) is 2. The Hall–Kier alpha value is -2.17. The van der Waals surface area contributed by atoms with Gasteiger partial charge < -0.3 is 9.73 Å². The smallest absolute Gasteiger partial charge is 0.259 e. The Morgan fingerprint density at radius 3 is 2.25 bits per heavy atom. The van der Waals surface area contributed by atoms with Crippen LogP contribution in [0, 0.1) is 20.8 Å². The summed E-state index contributed by atoms with van der Waals surface area (Å²) in [6.07, 6.45) is 0.262. The molecule has 2 aromatic rings. The second kappa shape index (κ2) is 7.34. The number of furan rings is 1. The average molecular weight is 427 g/mol. The van der Waals surface area contributed by atoms with E-state index in [1.54, 1.807) is 20.8 Å². The molecular weight excluding hydrogens is 404 g/mol. The highest BCUT2D eigenvalue weighted by atomic mass is 32.2. The first-order valence-electron chi connectivity index (χ1n) is 8.69. The second-order valence-corrected chi connectivity index (χ2v) is 10.9. The van der Waals surface area contributed by atoms with Gasteiger partial charge in [-0.3, -0.25) is 4.79 Å². The number of aryl methyl sites for hydroxylation is 2. The van der Waals surface area contributed by atoms with E-state index < -0.39 is 25.9 Å². The zero-order valence-electron chi connectivity index (χ0n) is 15.8. The maximum absolute atomic E-state index is 12.5. The third-order valence-electron chi connectivity index (χ3n) is 4.77. The minimum Gasteiger partial charge on any atom is -0.466 e. The number of carbonyl (C=O) groups is 1. The van der Waals surface area contributed by atoms with Gasteiger partial charge in [-0.15, -0.1) is 0 Å². The molecule has 1 unspecified atom stereocenters. The number of carbonyl (C=O) groups excluding carboxylic acids is 1. The first-order chi connectivity index (χ1) is 13.0. The van der Waals surface area contributed by atoms with Crippen molar-refractivity contribution in [2.45, 2.75) is 38.1 Å². The highest BCUT2D eigenvalue weighted by Gasteiger charge is 2.31. The van der Waals surface area contributed by atoms with E-state index >= 15 is 0 Å². The molecule has 1 aromatic heterocycles. The summed E-state index contributed by atoms with van der Waals surface area (Å²) in [6.45, 7) is 5.28. The van der Waals surface area contributed by atoms with Gasteiger partial charge in [0.1, 0.15) is 11.5 Å². The first-order valence-corrected chi connectivity index (χ1v) is 12.0. The Labute approximate surface area is 164 Å². The quantitative estimate of drug-likeness (QED) is 0.753. The van der Waals surface area contributed by atoms with Crippen LogP contribution in [-0.2, 0) is 19.9 Å². The highest BCUT2D eigenvalue weighted by molar-refractivity contribution is 7.92. The molecule has 1 amide bonds. The van der Waals surface area contributed by atoms with Crippen molar-refractivity contribution in [2.75, 3.05) is 16.8 Å². The monoisotopic (exact) mass is 426 g/mol. The highest BCUT2D eigenvalue weighted by Crippen LogP contribution is 2.23. The molecule has 0 radical (unpaired) electrons. The van der Waals surface area contributed by atoms with Crippen LogP contribution >= 0.6 is 0 Å². The molecule has 1 saturated heterocycles. The molecule has 8 nitrogen and oxygen atoms in total. The Balaban J connectivity index is 1.71. The molecule has 2 heterocycles. The molecule has 0 spiro atoms. The normalized spacial score (nSPS) is 18.9. The number of anilines is 1. The van der Waals surface area contributed by atoms with Crippen molar-refractivity contribution in [2.24, 2.45) is 0 Å². The number of nitrogens with one attached hydrogen (secondary N) is 2. The van der Waals surface area contributed by atoms with Crippen LogP contribution < -0.4 is 10.0 Å². The Kier molecular flexibility index (Phi) is 5.39. The van der Waals surface area contributed by atoms with Crippen LogP contribution in [0.1, 0.15) is 33.9 Å². The van der Waals surface area contributed by atoms with E-state index in [9.17, 15) is 21.6 Å². The first kappa shape index (κ1) is 20.6. The molecule has 1 aliphatic heterocycles. The topological polar surface area (TPSA) is 123 Å². The van der Waals surface area contributed by atoms with Gasteiger partial charge >= 0.3 is 0 Å². The van der Waals surface area contributed by atoms with Crippen LogP contribution in [0.25, 0.3) is 0 Å². The molecule has 152 valence electrons. The largest absolute Gasteiger partial charge is 0.466 e. The van der Waals surface area contributed by atoms with Gasteiger partial charge in [0.05, 0.1) is 22.0 Å². The molecule has 3 rings (SSSR count). The summed E-state index contributed by atoms with van der Waals surface area (Å²) < 4.78 is 55.8. The zero-order valence-corrected chi connectivity index (χ0v) is 17.4. The summed E-state index contributed by atoms with van der Waals surface area (Å²) in [5, 5.41) is 2.72. The molecule has 28 heavy (non-hydrogen) atoms. The van der Waals surface area contributed by atoms with Gasteiger partial charge in [-0.25, -0.2) is 21.6 Å². The zero-order chi connectivity index (χ0) is 20.7. The van der Waals surface area contributed by atoms with E-state index in [-0.39, 0.29) is 28.7 Å². The number of sulfone groups is 1. The lowest BCUT2D eigenvalue weighted by molar-refractivity contribution is 0.102. The average Bonchev–Trinajstić information content (AvgIpc) is 3.05. The van der Waals surface area contributed by atoms with Gasteiger partial charge in [0, 0.05) is 17.3 Å². The number of amides is 1. The number of hydrogen-bond acceptors (Lipinski definition) is 6. The molecule has 0 bridgehead atoms. The van der Waals surface area contributed by atoms with E-state index in [0.29, 0.717) is 22.8 Å². The number of sulfonamides is 1. The fourth-order valence-electron chi connectivity index (χ4n) is 3.21. The van der Waals surface area contributed by atoms with Gasteiger partial charge in [0.2, 0.25) is 10.0 Å². The SMILES string of the molecule is Cc1oc(C)c(C(=O)Nc2ccc(S(=O)(=O)NC3CCS(=O)(=O)C3)cc2)c1C. The molecule has 1 atom stereocenters. The third kappa shape index (κ3) is 4.29. The summed E-state index contributed by atoms with van der Waals surface area (Å²) in [6, 6.07) is 5.07. The van der Waals surface area contributed by atoms with Crippen molar-refractivity contribution < 1.29 is 26.0 Å². The van der Waals surface area contributed by atoms with Crippen molar-refractivity contribution in [3.8, 4) is 0 Å². The van der Waals surface area contributed by atoms with Gasteiger partial charge in [-0.2, -0.15) is 0 Å². The minimum atomic E-state index is -3.84. The van der Waals surface area contributed by atoms with Crippen molar-refractivity contribution in [1.29, 1.82) is 0 Å². The lowest BCUT2D eigenvalue weighted by Crippen LogP contribution is -2.35. The van der Waals surface area contributed by atoms with E-state index in [2.05, 4.69) is 10.0 Å². The van der Waals surface area contributed by atoms with Crippen LogP contribution in [0.4, 0.5) is 5.69 Å². The van der Waals surface area contributed by atoms with Crippen LogP contribution in [0.2, 0.25) is 0 Å². The van der Waals surface area contributed by atoms with Gasteiger partial charge in [0.25, 0.3) is 5.91 Å². The number of rotatable bonds is 5. The molecule has 0 saturated carbocycles. The molecular formula is C18H22N2O6S2. The fraction of sp³-hybridized carbons (Fsp3) is 0.389. The lowest BCUT2D eigenvalue weighted by atomic mass is 10.1. The van der Waals surface area contributed by atoms with Crippen molar-refractivity contribution >= 4 is 31.5 Å². The summed E-state index contributed by atoms with van der Waals surface area (Å²) in [5.74, 6) is 0.643. The van der Waals surface area contributed by atoms with Crippen LogP contribution in [0.3, 0.4) is 0 Å². The maximum Gasteiger partial charge on any atom is 0.259 e. The van der Waals surface area contributed by atoms with E-state index in [1.165, 1.54) is 24.3 Å². The van der Waals surface area contributed by atoms with Crippen molar-refractivity contribution in [3.63, 3.8) is 0 Å². The fourth-order valence-corrected chi connectivity index (χ4v) is 6.26. The van der Waals surface area contributed by atoms with Crippen molar-refractivity contribution in [3.05, 3.63) is 46.9 Å². The standard InChI is InChI=1S/C18H22N2O6S2/c1-11-12(2)26-13(3)17(11)18(21)19-14-4-6-16(7-5-14)28(24,25)20-15-8-9-27(22,23)10-15/h4-7,15,20H,8-10H2,1-3H3,(H,19,21). The van der Waals surface area contributed by atoms with Gasteiger partial charge in [-0.1, -0.05) is 0 Å². The Bertz CT molecular complexity index is 1120. The minimum absolute atomic E-state index is 0.00122. The summed E-state index contributed by atoms with van der Waals surface area (Å²) in [5.41, 5.74) is 1.65. The summed E-state index contributed by atoms with van der Waals surface area (Å²) in [7, 11) is -7.03. The molecule has 1 aromatic carbocycles. The molecule has 1 aliphatic rings. The lowest BCUT2D eigenvalue weighted by Gasteiger charge is -2.12. The van der Waals surface area contributed by atoms with Gasteiger partial charge in [0.15, 0.2) is 9.84 Å². The van der Waals surface area contributed by atoms with Crippen molar-refractivity contribution in [1.82, 2.24) is 4.72 Å². The van der Waals surface area contributed by atoms with Crippen LogP contribution in [-0.4, -0.2) is 40.3 Å². The van der Waals surface area contributed by atoms with E-state index in [0.717, 1.165) is 5.56 Å². The van der Waals surface area contributed by atoms with E-state index in [4.69, 9.17) is 4.42 Å². The summed E-state index contributed by atoms with van der Waals surface area (Å²) in [4.78, 5) is 12.5. The third-order valence-corrected chi connectivity index (χ3v) is 8.07. The molecule has 1 fully saturated rings. The Morgan fingerprint density at radius 1 is 1.11 bits per heavy atom. The molecule has 2 N–H and O–H groups in total. The Morgan fingerprint density at radius 2 is 1.75 bits per heavy atom. The maximum atomic E-state index is 12.5. The molecule has 10 heteroatoms. The van der Waals surface area contributed by atoms with Gasteiger partial charge in [-0.05, 0) is 51.5 Å². The predicted molar refractivity (Wildman–Crippen MR) is 105 cm³/mol.